The summed E-state index contributed by atoms with van der Waals surface area (Å²) in [5, 5.41) is 11.2. The molecule has 2 amide bonds. The largest absolute Gasteiger partial charge is 0.330 e. The Kier molecular flexibility index (Phi) is 3.80. The van der Waals surface area contributed by atoms with Crippen molar-refractivity contribution in [3.8, 4) is 0 Å². The van der Waals surface area contributed by atoms with Gasteiger partial charge in [-0.25, -0.2) is 9.52 Å². The number of hydrogen-bond donors (Lipinski definition) is 3. The van der Waals surface area contributed by atoms with Crippen LogP contribution in [-0.4, -0.2) is 29.9 Å². The lowest BCUT2D eigenvalue weighted by Crippen LogP contribution is -2.41. The quantitative estimate of drug-likeness (QED) is 0.731. The number of carbonyl (C=O) groups is 1. The van der Waals surface area contributed by atoms with Crippen LogP contribution in [0.4, 0.5) is 4.79 Å². The van der Waals surface area contributed by atoms with Crippen LogP contribution in [0.15, 0.2) is 11.2 Å². The van der Waals surface area contributed by atoms with Gasteiger partial charge in [0.1, 0.15) is 0 Å². The van der Waals surface area contributed by atoms with Gasteiger partial charge in [-0.2, -0.15) is 8.42 Å². The van der Waals surface area contributed by atoms with E-state index in [0.29, 0.717) is 0 Å². The van der Waals surface area contributed by atoms with Gasteiger partial charge in [-0.1, -0.05) is 24.5 Å². The summed E-state index contributed by atoms with van der Waals surface area (Å²) in [6.07, 6.45) is 5.89. The maximum atomic E-state index is 11.6. The summed E-state index contributed by atoms with van der Waals surface area (Å²) >= 11 is 0. The van der Waals surface area contributed by atoms with Gasteiger partial charge < -0.3 is 5.32 Å². The summed E-state index contributed by atoms with van der Waals surface area (Å²) in [4.78, 5) is 11.5. The van der Waals surface area contributed by atoms with Gasteiger partial charge in [-0.3, -0.25) is 5.10 Å². The summed E-state index contributed by atoms with van der Waals surface area (Å²) in [6.45, 7) is 0. The van der Waals surface area contributed by atoms with Gasteiger partial charge in [0.2, 0.25) is 5.03 Å². The van der Waals surface area contributed by atoms with E-state index in [4.69, 9.17) is 0 Å². The van der Waals surface area contributed by atoms with Gasteiger partial charge in [0.05, 0.1) is 12.2 Å². The van der Waals surface area contributed by atoms with Crippen molar-refractivity contribution in [2.45, 2.75) is 37.1 Å². The van der Waals surface area contributed by atoms with Gasteiger partial charge in [-0.05, 0) is 12.8 Å². The number of carbonyl (C=O) groups excluding carboxylic acids is 1. The summed E-state index contributed by atoms with van der Waals surface area (Å²) < 4.78 is 25.2. The zero-order valence-corrected chi connectivity index (χ0v) is 10.5. The number of aromatic nitrogens is 3. The van der Waals surface area contributed by atoms with Crippen molar-refractivity contribution in [3.05, 3.63) is 12.2 Å². The molecule has 99 valence electrons. The van der Waals surface area contributed by atoms with Crippen molar-refractivity contribution < 1.29 is 13.2 Å². The molecule has 1 fully saturated rings. The van der Waals surface area contributed by atoms with E-state index < -0.39 is 16.1 Å². The predicted molar refractivity (Wildman–Crippen MR) is 61.6 cm³/mol. The number of rotatable bonds is 3. The van der Waals surface area contributed by atoms with Crippen LogP contribution in [-0.2, 0) is 10.0 Å². The highest BCUT2D eigenvalue weighted by Gasteiger charge is 2.23. The number of nitrogens with one attached hydrogen (secondary N) is 3. The monoisotopic (exact) mass is 272 g/mol. The van der Waals surface area contributed by atoms with Crippen LogP contribution in [0.3, 0.4) is 0 Å². The topological polar surface area (TPSA) is 117 Å². The van der Waals surface area contributed by atoms with Crippen LogP contribution in [0.1, 0.15) is 32.1 Å². The number of nitrogens with zero attached hydrogens (tertiary/aromatic N) is 2. The van der Waals surface area contributed by atoms with Crippen LogP contribution in [0.2, 0.25) is 0 Å². The van der Waals surface area contributed by atoms with Crippen LogP contribution < -0.4 is 10.0 Å². The third-order valence-electron chi connectivity index (χ3n) is 2.64. The second-order valence-corrected chi connectivity index (χ2v) is 5.66. The van der Waals surface area contributed by atoms with E-state index in [-0.39, 0.29) is 5.03 Å². The van der Waals surface area contributed by atoms with E-state index in [1.54, 1.807) is 0 Å². The molecule has 18 heavy (non-hydrogen) atoms. The lowest BCUT2D eigenvalue weighted by atomic mass is 9.96. The zero-order chi connectivity index (χ0) is 13.0. The standard InChI is InChI=1S/C9H14N5O3S/c15-9(11-7-4-2-1-3-5-7)13-18(16,17)8-6-10-14-12-8/h6H,1-5H2,(H,10,12,14)(H2,11,13,15). The maximum absolute atomic E-state index is 11.6. The minimum Gasteiger partial charge on any atom is -0.330 e. The van der Waals surface area contributed by atoms with E-state index in [0.717, 1.165) is 44.3 Å². The van der Waals surface area contributed by atoms with E-state index in [2.05, 4.69) is 20.7 Å². The fourth-order valence-electron chi connectivity index (χ4n) is 1.79. The molecule has 1 saturated carbocycles. The van der Waals surface area contributed by atoms with Gasteiger partial charge in [-0.15, -0.1) is 5.10 Å². The maximum Gasteiger partial charge on any atom is 0.329 e. The highest BCUT2D eigenvalue weighted by atomic mass is 32.2. The molecule has 0 aromatic carbocycles. The summed E-state index contributed by atoms with van der Waals surface area (Å²) in [5.41, 5.74) is 0. The lowest BCUT2D eigenvalue weighted by molar-refractivity contribution is 0.244. The average Bonchev–Trinajstić information content (AvgIpc) is 2.83. The third kappa shape index (κ3) is 3.19. The van der Waals surface area contributed by atoms with E-state index in [1.165, 1.54) is 0 Å². The molecule has 1 radical (unpaired) electrons. The van der Waals surface area contributed by atoms with Crippen molar-refractivity contribution in [1.82, 2.24) is 25.4 Å². The first-order valence-corrected chi connectivity index (χ1v) is 7.11. The number of urea groups is 1. The molecule has 9 heteroatoms. The minimum atomic E-state index is -3.95. The van der Waals surface area contributed by atoms with E-state index in [9.17, 15) is 13.2 Å². The first-order valence-electron chi connectivity index (χ1n) is 5.63. The molecule has 1 aliphatic carbocycles. The van der Waals surface area contributed by atoms with Crippen LogP contribution in [0.5, 0.6) is 0 Å². The highest BCUT2D eigenvalue weighted by Crippen LogP contribution is 2.22. The molecular weight excluding hydrogens is 258 g/mol. The Labute approximate surface area is 105 Å². The Bertz CT molecular complexity index is 492. The fourth-order valence-corrected chi connectivity index (χ4v) is 2.54. The zero-order valence-electron chi connectivity index (χ0n) is 9.64. The molecule has 2 rings (SSSR count). The third-order valence-corrected chi connectivity index (χ3v) is 3.85. The number of aromatic amines is 1. The summed E-state index contributed by atoms with van der Waals surface area (Å²) in [7, 11) is -3.95. The van der Waals surface area contributed by atoms with Crippen LogP contribution >= 0.6 is 0 Å². The molecule has 1 heterocycles. The van der Waals surface area contributed by atoms with Crippen molar-refractivity contribution >= 4 is 16.1 Å². The summed E-state index contributed by atoms with van der Waals surface area (Å²) in [5.74, 6) is 0. The Morgan fingerprint density at radius 1 is 1.28 bits per heavy atom. The highest BCUT2D eigenvalue weighted by molar-refractivity contribution is 7.90. The van der Waals surface area contributed by atoms with Gasteiger partial charge in [0.15, 0.2) is 0 Å². The van der Waals surface area contributed by atoms with Gasteiger partial charge in [0, 0.05) is 0 Å². The normalized spacial score (nSPS) is 17.3. The lowest BCUT2D eigenvalue weighted by Gasteiger charge is -2.21. The number of H-pyrrole nitrogens is 1. The molecule has 1 aromatic heterocycles. The Morgan fingerprint density at radius 2 is 2.00 bits per heavy atom. The molecule has 0 spiro atoms. The first-order chi connectivity index (χ1) is 8.58. The SMILES string of the molecule is O=C(N[C]1CCCCC1)NS(=O)(=O)c1c[nH]nn1. The van der Waals surface area contributed by atoms with Gasteiger partial charge >= 0.3 is 6.03 Å². The second kappa shape index (κ2) is 5.34. The number of hydrogen-bond acceptors (Lipinski definition) is 5. The second-order valence-electron chi connectivity index (χ2n) is 4.04. The van der Waals surface area contributed by atoms with Crippen molar-refractivity contribution in [2.75, 3.05) is 0 Å². The van der Waals surface area contributed by atoms with Crippen molar-refractivity contribution in [3.63, 3.8) is 0 Å². The predicted octanol–water partition coefficient (Wildman–Crippen LogP) is 0.289. The molecule has 0 saturated heterocycles. The minimum absolute atomic E-state index is 0.314. The van der Waals surface area contributed by atoms with E-state index >= 15 is 0 Å². The van der Waals surface area contributed by atoms with Crippen LogP contribution in [0, 0.1) is 6.04 Å². The molecule has 8 nitrogen and oxygen atoms in total. The molecule has 0 unspecified atom stereocenters. The molecule has 1 aromatic rings. The molecule has 3 N–H and O–H groups in total. The molecular formula is C9H14N5O3S. The van der Waals surface area contributed by atoms with Crippen LogP contribution in [0.25, 0.3) is 0 Å². The smallest absolute Gasteiger partial charge is 0.329 e. The molecule has 0 bridgehead atoms. The Hall–Kier alpha value is -1.64. The van der Waals surface area contributed by atoms with E-state index in [1.807, 2.05) is 4.72 Å². The summed E-state index contributed by atoms with van der Waals surface area (Å²) in [6, 6.07) is 0.115. The Morgan fingerprint density at radius 3 is 2.61 bits per heavy atom. The number of amides is 2. The van der Waals surface area contributed by atoms with Crippen molar-refractivity contribution in [2.24, 2.45) is 0 Å². The molecule has 1 aliphatic rings. The average molecular weight is 272 g/mol. The molecule has 0 atom stereocenters. The number of sulfonamides is 1. The Balaban J connectivity index is 1.91. The molecule has 0 aliphatic heterocycles. The fraction of sp³-hybridized carbons (Fsp3) is 0.556. The van der Waals surface area contributed by atoms with Gasteiger partial charge in [0.25, 0.3) is 10.0 Å². The van der Waals surface area contributed by atoms with Crippen molar-refractivity contribution in [1.29, 1.82) is 0 Å². The first kappa shape index (κ1) is 12.8.